The zero-order valence-electron chi connectivity index (χ0n) is 12.7. The predicted molar refractivity (Wildman–Crippen MR) is 90.3 cm³/mol. The molecule has 1 atom stereocenters. The third kappa shape index (κ3) is 3.76. The van der Waals surface area contributed by atoms with E-state index in [1.54, 1.807) is 12.1 Å². The Kier molecular flexibility index (Phi) is 5.28. The summed E-state index contributed by atoms with van der Waals surface area (Å²) in [5, 5.41) is 13.7. The topological polar surface area (TPSA) is 115 Å². The highest BCUT2D eigenvalue weighted by Crippen LogP contribution is 2.27. The molecule has 3 N–H and O–H groups in total. The van der Waals surface area contributed by atoms with E-state index in [2.05, 4.69) is 5.32 Å². The average molecular weight is 348 g/mol. The molecule has 1 amide bonds. The van der Waals surface area contributed by atoms with Gasteiger partial charge in [0.1, 0.15) is 0 Å². The van der Waals surface area contributed by atoms with Gasteiger partial charge in [0.15, 0.2) is 5.78 Å². The molecule has 0 heterocycles. The number of non-ortho nitro benzene ring substituents is 1. The molecule has 7 nitrogen and oxygen atoms in total. The number of benzene rings is 2. The van der Waals surface area contributed by atoms with Crippen LogP contribution in [0.1, 0.15) is 22.8 Å². The van der Waals surface area contributed by atoms with E-state index in [1.165, 1.54) is 31.2 Å². The highest BCUT2D eigenvalue weighted by atomic mass is 35.5. The van der Waals surface area contributed by atoms with Crippen LogP contribution in [0.5, 0.6) is 0 Å². The number of nitrogens with one attached hydrogen (secondary N) is 1. The van der Waals surface area contributed by atoms with Gasteiger partial charge in [0.25, 0.3) is 5.69 Å². The molecule has 0 saturated heterocycles. The van der Waals surface area contributed by atoms with Gasteiger partial charge in [-0.25, -0.2) is 0 Å². The van der Waals surface area contributed by atoms with Crippen molar-refractivity contribution in [3.05, 3.63) is 68.7 Å². The molecule has 8 heteroatoms. The van der Waals surface area contributed by atoms with Crippen LogP contribution >= 0.6 is 11.6 Å². The molecule has 0 aliphatic heterocycles. The predicted octanol–water partition coefficient (Wildman–Crippen LogP) is 2.76. The largest absolute Gasteiger partial charge is 0.324 e. The summed E-state index contributed by atoms with van der Waals surface area (Å²) in [6, 6.07) is 9.10. The number of ketones is 1. The minimum absolute atomic E-state index is 0.0358. The Morgan fingerprint density at radius 2 is 1.88 bits per heavy atom. The van der Waals surface area contributed by atoms with Crippen molar-refractivity contribution in [2.24, 2.45) is 5.73 Å². The molecule has 0 aromatic heterocycles. The Hall–Kier alpha value is -2.77. The van der Waals surface area contributed by atoms with E-state index in [9.17, 15) is 19.7 Å². The van der Waals surface area contributed by atoms with Gasteiger partial charge in [-0.05, 0) is 25.1 Å². The zero-order valence-corrected chi connectivity index (χ0v) is 13.4. The Labute approximate surface area is 142 Å². The van der Waals surface area contributed by atoms with Gasteiger partial charge >= 0.3 is 0 Å². The molecular formula is C16H14ClN3O4. The van der Waals surface area contributed by atoms with E-state index in [0.717, 1.165) is 6.07 Å². The van der Waals surface area contributed by atoms with Crippen molar-refractivity contribution in [2.75, 3.05) is 5.32 Å². The van der Waals surface area contributed by atoms with Gasteiger partial charge in [-0.15, -0.1) is 0 Å². The molecule has 0 spiro atoms. The van der Waals surface area contributed by atoms with Crippen LogP contribution in [0.2, 0.25) is 5.02 Å². The number of nitro groups is 1. The van der Waals surface area contributed by atoms with E-state index in [0.29, 0.717) is 0 Å². The molecule has 2 rings (SSSR count). The van der Waals surface area contributed by atoms with Gasteiger partial charge < -0.3 is 11.1 Å². The third-order valence-electron chi connectivity index (χ3n) is 3.25. The third-order valence-corrected chi connectivity index (χ3v) is 3.58. The fourth-order valence-corrected chi connectivity index (χ4v) is 2.20. The van der Waals surface area contributed by atoms with Gasteiger partial charge in [0.2, 0.25) is 5.91 Å². The normalized spacial score (nSPS) is 11.6. The Morgan fingerprint density at radius 1 is 1.21 bits per heavy atom. The van der Waals surface area contributed by atoms with E-state index in [4.69, 9.17) is 17.3 Å². The van der Waals surface area contributed by atoms with Crippen molar-refractivity contribution in [3.63, 3.8) is 0 Å². The van der Waals surface area contributed by atoms with Gasteiger partial charge in [-0.1, -0.05) is 23.7 Å². The lowest BCUT2D eigenvalue weighted by Crippen LogP contribution is -2.33. The number of carbonyl (C=O) groups is 2. The second kappa shape index (κ2) is 7.20. The van der Waals surface area contributed by atoms with Crippen LogP contribution in [-0.2, 0) is 4.79 Å². The van der Waals surface area contributed by atoms with Crippen molar-refractivity contribution in [3.8, 4) is 0 Å². The number of rotatable bonds is 5. The molecule has 2 aromatic rings. The summed E-state index contributed by atoms with van der Waals surface area (Å²) in [5.41, 5.74) is 5.50. The number of nitrogens with zero attached hydrogens (tertiary/aromatic N) is 1. The molecule has 0 aliphatic rings. The zero-order chi connectivity index (χ0) is 17.9. The Morgan fingerprint density at radius 3 is 2.46 bits per heavy atom. The number of carbonyl (C=O) groups excluding carboxylic acids is 2. The fraction of sp³-hybridized carbons (Fsp3) is 0.125. The standard InChI is InChI=1S/C16H14ClN3O4/c1-9(18)16(22)19-14-7-6-10(20(23)24)8-12(14)15(21)11-4-2-3-5-13(11)17/h2-9H,18H2,1H3,(H,19,22). The van der Waals surface area contributed by atoms with Gasteiger partial charge in [-0.2, -0.15) is 0 Å². The van der Waals surface area contributed by atoms with Gasteiger partial charge in [0, 0.05) is 17.7 Å². The maximum Gasteiger partial charge on any atom is 0.270 e. The van der Waals surface area contributed by atoms with Crippen molar-refractivity contribution in [1.29, 1.82) is 0 Å². The quantitative estimate of drug-likeness (QED) is 0.490. The molecule has 124 valence electrons. The molecule has 2 aromatic carbocycles. The molecule has 1 unspecified atom stereocenters. The molecule has 24 heavy (non-hydrogen) atoms. The number of amides is 1. The lowest BCUT2D eigenvalue weighted by Gasteiger charge is -2.12. The summed E-state index contributed by atoms with van der Waals surface area (Å²) in [5.74, 6) is -1.05. The summed E-state index contributed by atoms with van der Waals surface area (Å²) >= 11 is 6.02. The monoisotopic (exact) mass is 347 g/mol. The van der Waals surface area contributed by atoms with Crippen LogP contribution < -0.4 is 11.1 Å². The first kappa shape index (κ1) is 17.6. The van der Waals surface area contributed by atoms with Gasteiger partial charge in [-0.3, -0.25) is 19.7 Å². The first-order valence-corrected chi connectivity index (χ1v) is 7.33. The summed E-state index contributed by atoms with van der Waals surface area (Å²) in [6.45, 7) is 1.48. The molecule has 0 bridgehead atoms. The SMILES string of the molecule is CC(N)C(=O)Nc1ccc([N+](=O)[O-])cc1C(=O)c1ccccc1Cl. The summed E-state index contributed by atoms with van der Waals surface area (Å²) < 4.78 is 0. The minimum atomic E-state index is -0.802. The molecule has 0 radical (unpaired) electrons. The minimum Gasteiger partial charge on any atom is -0.324 e. The van der Waals surface area contributed by atoms with Crippen LogP contribution in [-0.4, -0.2) is 22.7 Å². The van der Waals surface area contributed by atoms with Crippen LogP contribution in [0.25, 0.3) is 0 Å². The first-order valence-electron chi connectivity index (χ1n) is 6.95. The molecule has 0 fully saturated rings. The number of hydrogen-bond donors (Lipinski definition) is 2. The van der Waals surface area contributed by atoms with E-state index in [-0.39, 0.29) is 27.5 Å². The van der Waals surface area contributed by atoms with Crippen molar-refractivity contribution in [1.82, 2.24) is 0 Å². The van der Waals surface area contributed by atoms with Crippen molar-refractivity contribution >= 4 is 34.7 Å². The molecule has 0 aliphatic carbocycles. The maximum absolute atomic E-state index is 12.7. The van der Waals surface area contributed by atoms with E-state index < -0.39 is 22.7 Å². The maximum atomic E-state index is 12.7. The van der Waals surface area contributed by atoms with E-state index >= 15 is 0 Å². The van der Waals surface area contributed by atoms with Crippen LogP contribution in [0.4, 0.5) is 11.4 Å². The smallest absolute Gasteiger partial charge is 0.270 e. The van der Waals surface area contributed by atoms with Crippen LogP contribution in [0.15, 0.2) is 42.5 Å². The highest BCUT2D eigenvalue weighted by Gasteiger charge is 2.21. The number of nitro benzene ring substituents is 1. The number of hydrogen-bond acceptors (Lipinski definition) is 5. The summed E-state index contributed by atoms with van der Waals surface area (Å²) in [4.78, 5) is 34.9. The summed E-state index contributed by atoms with van der Waals surface area (Å²) in [7, 11) is 0. The van der Waals surface area contributed by atoms with Crippen molar-refractivity contribution < 1.29 is 14.5 Å². The van der Waals surface area contributed by atoms with Crippen LogP contribution in [0, 0.1) is 10.1 Å². The Balaban J connectivity index is 2.54. The van der Waals surface area contributed by atoms with E-state index in [1.807, 2.05) is 0 Å². The second-order valence-electron chi connectivity index (χ2n) is 5.07. The number of halogens is 1. The first-order chi connectivity index (χ1) is 11.3. The highest BCUT2D eigenvalue weighted by molar-refractivity contribution is 6.35. The number of anilines is 1. The lowest BCUT2D eigenvalue weighted by atomic mass is 10.0. The van der Waals surface area contributed by atoms with Crippen LogP contribution in [0.3, 0.4) is 0 Å². The fourth-order valence-electron chi connectivity index (χ4n) is 1.98. The number of nitrogens with two attached hydrogens (primary N) is 1. The van der Waals surface area contributed by atoms with Gasteiger partial charge in [0.05, 0.1) is 27.2 Å². The molecular weight excluding hydrogens is 334 g/mol. The lowest BCUT2D eigenvalue weighted by molar-refractivity contribution is -0.384. The second-order valence-corrected chi connectivity index (χ2v) is 5.48. The summed E-state index contributed by atoms with van der Waals surface area (Å²) in [6.07, 6.45) is 0. The Bertz CT molecular complexity index is 821. The average Bonchev–Trinajstić information content (AvgIpc) is 2.54. The molecule has 0 saturated carbocycles. The van der Waals surface area contributed by atoms with Crippen molar-refractivity contribution in [2.45, 2.75) is 13.0 Å².